The van der Waals surface area contributed by atoms with Crippen LogP contribution < -0.4 is 5.73 Å². The molecule has 0 aromatic rings. The van der Waals surface area contributed by atoms with Crippen molar-refractivity contribution in [2.75, 3.05) is 33.7 Å². The molecule has 4 nitrogen and oxygen atoms in total. The van der Waals surface area contributed by atoms with Crippen molar-refractivity contribution in [2.24, 2.45) is 5.73 Å². The van der Waals surface area contributed by atoms with Gasteiger partial charge in [-0.1, -0.05) is 0 Å². The third-order valence-corrected chi connectivity index (χ3v) is 3.89. The smallest absolute Gasteiger partial charge is 0.101 e. The standard InChI is InChI=1S/C14H28N4/c1-14(16,12-15)8-4-5-9-18-10-6-7-13(11-18)17(2)3/h13H,4-11,16H2,1-3H3. The summed E-state index contributed by atoms with van der Waals surface area (Å²) in [7, 11) is 4.34. The van der Waals surface area contributed by atoms with Crippen molar-refractivity contribution in [2.45, 2.75) is 50.6 Å². The van der Waals surface area contributed by atoms with E-state index in [4.69, 9.17) is 11.0 Å². The van der Waals surface area contributed by atoms with Gasteiger partial charge >= 0.3 is 0 Å². The fourth-order valence-electron chi connectivity index (χ4n) is 2.54. The average molecular weight is 252 g/mol. The van der Waals surface area contributed by atoms with E-state index in [-0.39, 0.29) is 0 Å². The molecule has 0 aliphatic carbocycles. The fraction of sp³-hybridized carbons (Fsp3) is 0.929. The molecule has 1 saturated heterocycles. The highest BCUT2D eigenvalue weighted by Gasteiger charge is 2.21. The fourth-order valence-corrected chi connectivity index (χ4v) is 2.54. The van der Waals surface area contributed by atoms with Gasteiger partial charge in [0.25, 0.3) is 0 Å². The summed E-state index contributed by atoms with van der Waals surface area (Å²) in [6, 6.07) is 2.87. The van der Waals surface area contributed by atoms with E-state index in [1.54, 1.807) is 0 Å². The first-order valence-electron chi connectivity index (χ1n) is 7.03. The van der Waals surface area contributed by atoms with Crippen molar-refractivity contribution in [3.63, 3.8) is 0 Å². The molecule has 18 heavy (non-hydrogen) atoms. The SMILES string of the molecule is CN(C)C1CCCN(CCCCC(C)(N)C#N)C1. The Bertz CT molecular complexity index is 280. The van der Waals surface area contributed by atoms with Crippen molar-refractivity contribution >= 4 is 0 Å². The lowest BCUT2D eigenvalue weighted by molar-refractivity contribution is 0.131. The number of hydrogen-bond acceptors (Lipinski definition) is 4. The Labute approximate surface area is 112 Å². The molecule has 1 aliphatic rings. The van der Waals surface area contributed by atoms with Gasteiger partial charge in [-0.15, -0.1) is 0 Å². The molecule has 2 unspecified atom stereocenters. The zero-order valence-electron chi connectivity index (χ0n) is 12.2. The quantitative estimate of drug-likeness (QED) is 0.727. The first-order chi connectivity index (χ1) is 8.44. The van der Waals surface area contributed by atoms with Crippen molar-refractivity contribution in [3.8, 4) is 6.07 Å². The lowest BCUT2D eigenvalue weighted by Gasteiger charge is -2.36. The lowest BCUT2D eigenvalue weighted by Crippen LogP contribution is -2.45. The molecule has 1 aliphatic heterocycles. The Hall–Kier alpha value is -0.630. The van der Waals surface area contributed by atoms with Crippen LogP contribution in [0.2, 0.25) is 0 Å². The van der Waals surface area contributed by atoms with Gasteiger partial charge in [0.15, 0.2) is 0 Å². The highest BCUT2D eigenvalue weighted by molar-refractivity contribution is 5.00. The van der Waals surface area contributed by atoms with E-state index in [0.717, 1.165) is 25.8 Å². The molecule has 1 fully saturated rings. The van der Waals surface area contributed by atoms with Crippen LogP contribution in [0, 0.1) is 11.3 Å². The van der Waals surface area contributed by atoms with Crippen molar-refractivity contribution in [3.05, 3.63) is 0 Å². The Morgan fingerprint density at radius 3 is 2.78 bits per heavy atom. The molecule has 4 heteroatoms. The highest BCUT2D eigenvalue weighted by atomic mass is 15.2. The first-order valence-corrected chi connectivity index (χ1v) is 7.03. The summed E-state index contributed by atoms with van der Waals surface area (Å²) in [6.45, 7) is 5.37. The molecule has 0 aromatic heterocycles. The molecular weight excluding hydrogens is 224 g/mol. The largest absolute Gasteiger partial charge is 0.314 e. The van der Waals surface area contributed by atoms with Gasteiger partial charge in [-0.2, -0.15) is 5.26 Å². The van der Waals surface area contributed by atoms with Crippen LogP contribution >= 0.6 is 0 Å². The number of nitrogens with zero attached hydrogens (tertiary/aromatic N) is 3. The van der Waals surface area contributed by atoms with Gasteiger partial charge in [-0.05, 0) is 66.2 Å². The number of piperidine rings is 1. The minimum Gasteiger partial charge on any atom is -0.314 e. The van der Waals surface area contributed by atoms with Crippen LogP contribution in [0.15, 0.2) is 0 Å². The van der Waals surface area contributed by atoms with E-state index in [1.165, 1.54) is 25.9 Å². The number of rotatable bonds is 6. The number of likely N-dealkylation sites (tertiary alicyclic amines) is 1. The van der Waals surface area contributed by atoms with Gasteiger partial charge in [-0.25, -0.2) is 0 Å². The summed E-state index contributed by atoms with van der Waals surface area (Å²) < 4.78 is 0. The topological polar surface area (TPSA) is 56.3 Å². The van der Waals surface area contributed by atoms with Gasteiger partial charge in [0.2, 0.25) is 0 Å². The van der Waals surface area contributed by atoms with Crippen molar-refractivity contribution in [1.29, 1.82) is 5.26 Å². The van der Waals surface area contributed by atoms with Crippen LogP contribution in [0.5, 0.6) is 0 Å². The highest BCUT2D eigenvalue weighted by Crippen LogP contribution is 2.15. The molecule has 0 spiro atoms. The van der Waals surface area contributed by atoms with Crippen LogP contribution in [-0.2, 0) is 0 Å². The summed E-state index contributed by atoms with van der Waals surface area (Å²) >= 11 is 0. The van der Waals surface area contributed by atoms with Gasteiger partial charge in [0.05, 0.1) is 6.07 Å². The monoisotopic (exact) mass is 252 g/mol. The molecule has 2 N–H and O–H groups in total. The maximum Gasteiger partial charge on any atom is 0.101 e. The zero-order chi connectivity index (χ0) is 13.6. The number of nitriles is 1. The third-order valence-electron chi connectivity index (χ3n) is 3.89. The number of nitrogens with two attached hydrogens (primary N) is 1. The summed E-state index contributed by atoms with van der Waals surface area (Å²) in [5.74, 6) is 0. The number of hydrogen-bond donors (Lipinski definition) is 1. The van der Waals surface area contributed by atoms with Crippen LogP contribution in [0.25, 0.3) is 0 Å². The second kappa shape index (κ2) is 7.08. The molecule has 0 radical (unpaired) electrons. The minimum absolute atomic E-state index is 0.645. The molecule has 2 atom stereocenters. The molecule has 1 heterocycles. The predicted octanol–water partition coefficient (Wildman–Crippen LogP) is 1.42. The van der Waals surface area contributed by atoms with E-state index in [2.05, 4.69) is 30.0 Å². The van der Waals surface area contributed by atoms with Crippen LogP contribution in [0.3, 0.4) is 0 Å². The third kappa shape index (κ3) is 5.34. The van der Waals surface area contributed by atoms with Gasteiger partial charge in [-0.3, -0.25) is 0 Å². The predicted molar refractivity (Wildman–Crippen MR) is 75.2 cm³/mol. The first kappa shape index (κ1) is 15.4. The van der Waals surface area contributed by atoms with E-state index in [0.29, 0.717) is 6.04 Å². The molecule has 1 rings (SSSR count). The molecule has 0 amide bonds. The summed E-state index contributed by atoms with van der Waals surface area (Å²) in [4.78, 5) is 4.88. The summed E-state index contributed by atoms with van der Waals surface area (Å²) in [5.41, 5.74) is 5.17. The Morgan fingerprint density at radius 2 is 2.17 bits per heavy atom. The molecular formula is C14H28N4. The number of unbranched alkanes of at least 4 members (excludes halogenated alkanes) is 1. The maximum atomic E-state index is 8.85. The molecule has 0 saturated carbocycles. The number of likely N-dealkylation sites (N-methyl/N-ethyl adjacent to an activating group) is 1. The van der Waals surface area contributed by atoms with Crippen LogP contribution in [0.1, 0.15) is 39.0 Å². The second-order valence-corrected chi connectivity index (χ2v) is 6.05. The van der Waals surface area contributed by atoms with E-state index < -0.39 is 5.54 Å². The van der Waals surface area contributed by atoms with E-state index in [1.807, 2.05) is 6.92 Å². The van der Waals surface area contributed by atoms with Gasteiger partial charge < -0.3 is 15.5 Å². The van der Waals surface area contributed by atoms with Crippen molar-refractivity contribution < 1.29 is 0 Å². The summed E-state index contributed by atoms with van der Waals surface area (Å²) in [6.07, 6.45) is 5.61. The van der Waals surface area contributed by atoms with Gasteiger partial charge in [0.1, 0.15) is 5.54 Å². The maximum absolute atomic E-state index is 8.85. The van der Waals surface area contributed by atoms with E-state index in [9.17, 15) is 0 Å². The minimum atomic E-state index is -0.645. The lowest BCUT2D eigenvalue weighted by atomic mass is 9.97. The summed E-state index contributed by atoms with van der Waals surface area (Å²) in [5, 5.41) is 8.85. The average Bonchev–Trinajstić information content (AvgIpc) is 2.35. The Kier molecular flexibility index (Phi) is 6.07. The normalized spacial score (nSPS) is 24.8. The Morgan fingerprint density at radius 1 is 1.44 bits per heavy atom. The van der Waals surface area contributed by atoms with Crippen LogP contribution in [0.4, 0.5) is 0 Å². The van der Waals surface area contributed by atoms with Crippen molar-refractivity contribution in [1.82, 2.24) is 9.80 Å². The van der Waals surface area contributed by atoms with E-state index >= 15 is 0 Å². The zero-order valence-corrected chi connectivity index (χ0v) is 12.2. The van der Waals surface area contributed by atoms with Gasteiger partial charge in [0, 0.05) is 12.6 Å². The molecule has 0 bridgehead atoms. The Balaban J connectivity index is 2.18. The molecule has 104 valence electrons. The molecule has 0 aromatic carbocycles. The van der Waals surface area contributed by atoms with Crippen LogP contribution in [-0.4, -0.2) is 55.1 Å². The second-order valence-electron chi connectivity index (χ2n) is 6.05.